The SMILES string of the molecule is COCCN(CCOC)c1c2c(nc3ccccc13)CCC2. The van der Waals surface area contributed by atoms with Crippen LogP contribution in [0, 0.1) is 0 Å². The Morgan fingerprint density at radius 3 is 2.50 bits per heavy atom. The first-order valence-electron chi connectivity index (χ1n) is 7.98. The van der Waals surface area contributed by atoms with Gasteiger partial charge in [-0.3, -0.25) is 4.98 Å². The van der Waals surface area contributed by atoms with Gasteiger partial charge in [0, 0.05) is 38.4 Å². The molecule has 0 spiro atoms. The summed E-state index contributed by atoms with van der Waals surface area (Å²) in [5.41, 5.74) is 5.13. The zero-order valence-corrected chi connectivity index (χ0v) is 13.5. The van der Waals surface area contributed by atoms with E-state index in [0.717, 1.165) is 44.7 Å². The molecule has 22 heavy (non-hydrogen) atoms. The number of ether oxygens (including phenoxy) is 2. The number of aryl methyl sites for hydroxylation is 1. The highest BCUT2D eigenvalue weighted by molar-refractivity contribution is 5.94. The summed E-state index contributed by atoms with van der Waals surface area (Å²) < 4.78 is 10.6. The second-order valence-corrected chi connectivity index (χ2v) is 5.73. The molecular formula is C18H24N2O2. The number of nitrogens with zero attached hydrogens (tertiary/aromatic N) is 2. The lowest BCUT2D eigenvalue weighted by Crippen LogP contribution is -2.31. The Hall–Kier alpha value is -1.65. The summed E-state index contributed by atoms with van der Waals surface area (Å²) in [7, 11) is 3.51. The van der Waals surface area contributed by atoms with Crippen molar-refractivity contribution in [3.8, 4) is 0 Å². The molecule has 0 unspecified atom stereocenters. The summed E-state index contributed by atoms with van der Waals surface area (Å²) in [4.78, 5) is 7.27. The van der Waals surface area contributed by atoms with Crippen molar-refractivity contribution in [2.45, 2.75) is 19.3 Å². The summed E-state index contributed by atoms with van der Waals surface area (Å²) in [5.74, 6) is 0. The Morgan fingerprint density at radius 2 is 1.77 bits per heavy atom. The van der Waals surface area contributed by atoms with Crippen LogP contribution in [0.5, 0.6) is 0 Å². The van der Waals surface area contributed by atoms with Gasteiger partial charge in [-0.2, -0.15) is 0 Å². The van der Waals surface area contributed by atoms with Crippen molar-refractivity contribution in [2.75, 3.05) is 45.4 Å². The van der Waals surface area contributed by atoms with Gasteiger partial charge in [0.2, 0.25) is 0 Å². The fourth-order valence-corrected chi connectivity index (χ4v) is 3.29. The van der Waals surface area contributed by atoms with Crippen molar-refractivity contribution in [1.82, 2.24) is 4.98 Å². The van der Waals surface area contributed by atoms with Crippen molar-refractivity contribution in [3.63, 3.8) is 0 Å². The average molecular weight is 300 g/mol. The molecule has 0 fully saturated rings. The van der Waals surface area contributed by atoms with Crippen LogP contribution in [0.1, 0.15) is 17.7 Å². The van der Waals surface area contributed by atoms with Crippen molar-refractivity contribution < 1.29 is 9.47 Å². The minimum absolute atomic E-state index is 0.717. The number of fused-ring (bicyclic) bond motifs is 2. The van der Waals surface area contributed by atoms with E-state index in [1.807, 2.05) is 0 Å². The molecule has 1 heterocycles. The van der Waals surface area contributed by atoms with Crippen molar-refractivity contribution >= 4 is 16.6 Å². The molecule has 0 bridgehead atoms. The summed E-state index contributed by atoms with van der Waals surface area (Å²) >= 11 is 0. The van der Waals surface area contributed by atoms with Gasteiger partial charge < -0.3 is 14.4 Å². The number of rotatable bonds is 7. The Bertz CT molecular complexity index is 634. The van der Waals surface area contributed by atoms with Crippen LogP contribution in [-0.4, -0.2) is 45.5 Å². The summed E-state index contributed by atoms with van der Waals surface area (Å²) in [5, 5.41) is 1.25. The molecular weight excluding hydrogens is 276 g/mol. The average Bonchev–Trinajstić information content (AvgIpc) is 3.01. The molecule has 4 heteroatoms. The Kier molecular flexibility index (Phi) is 4.90. The van der Waals surface area contributed by atoms with Crippen molar-refractivity contribution in [2.24, 2.45) is 0 Å². The van der Waals surface area contributed by atoms with Crippen LogP contribution in [0.15, 0.2) is 24.3 Å². The van der Waals surface area contributed by atoms with Crippen molar-refractivity contribution in [3.05, 3.63) is 35.5 Å². The maximum atomic E-state index is 5.31. The first kappa shape index (κ1) is 15.3. The van der Waals surface area contributed by atoms with E-state index < -0.39 is 0 Å². The van der Waals surface area contributed by atoms with E-state index in [1.165, 1.54) is 28.8 Å². The molecule has 2 aromatic rings. The number of pyridine rings is 1. The maximum Gasteiger partial charge on any atom is 0.0726 e. The van der Waals surface area contributed by atoms with E-state index >= 15 is 0 Å². The fraction of sp³-hybridized carbons (Fsp3) is 0.500. The molecule has 1 aromatic heterocycles. The first-order chi connectivity index (χ1) is 10.8. The molecule has 0 atom stereocenters. The van der Waals surface area contributed by atoms with Crippen LogP contribution in [0.3, 0.4) is 0 Å². The van der Waals surface area contributed by atoms with Gasteiger partial charge in [0.05, 0.1) is 24.4 Å². The number of aromatic nitrogens is 1. The van der Waals surface area contributed by atoms with Crippen LogP contribution in [0.25, 0.3) is 10.9 Å². The minimum atomic E-state index is 0.717. The van der Waals surface area contributed by atoms with Crippen LogP contribution in [-0.2, 0) is 22.3 Å². The van der Waals surface area contributed by atoms with Crippen LogP contribution in [0.2, 0.25) is 0 Å². The number of hydrogen-bond donors (Lipinski definition) is 0. The van der Waals surface area contributed by atoms with Gasteiger partial charge in [-0.05, 0) is 30.9 Å². The lowest BCUT2D eigenvalue weighted by Gasteiger charge is -2.28. The molecule has 0 aliphatic heterocycles. The molecule has 0 amide bonds. The fourth-order valence-electron chi connectivity index (χ4n) is 3.29. The van der Waals surface area contributed by atoms with Gasteiger partial charge in [0.15, 0.2) is 0 Å². The third-order valence-electron chi connectivity index (χ3n) is 4.34. The number of anilines is 1. The quantitative estimate of drug-likeness (QED) is 0.787. The third kappa shape index (κ3) is 2.94. The molecule has 0 N–H and O–H groups in total. The normalized spacial score (nSPS) is 13.5. The summed E-state index contributed by atoms with van der Waals surface area (Å²) in [6.07, 6.45) is 3.42. The molecule has 0 saturated heterocycles. The van der Waals surface area contributed by atoms with Crippen LogP contribution >= 0.6 is 0 Å². The number of methoxy groups -OCH3 is 2. The van der Waals surface area contributed by atoms with E-state index in [0.29, 0.717) is 0 Å². The van der Waals surface area contributed by atoms with Gasteiger partial charge in [-0.1, -0.05) is 18.2 Å². The zero-order valence-electron chi connectivity index (χ0n) is 13.5. The molecule has 1 aromatic carbocycles. The van der Waals surface area contributed by atoms with Crippen LogP contribution in [0.4, 0.5) is 5.69 Å². The number of benzene rings is 1. The smallest absolute Gasteiger partial charge is 0.0726 e. The van der Waals surface area contributed by atoms with E-state index in [4.69, 9.17) is 14.5 Å². The topological polar surface area (TPSA) is 34.6 Å². The Labute approximate surface area is 132 Å². The summed E-state index contributed by atoms with van der Waals surface area (Å²) in [6.45, 7) is 3.19. The highest BCUT2D eigenvalue weighted by atomic mass is 16.5. The molecule has 118 valence electrons. The molecule has 1 aliphatic rings. The summed E-state index contributed by atoms with van der Waals surface area (Å²) in [6, 6.07) is 8.46. The predicted molar refractivity (Wildman–Crippen MR) is 89.7 cm³/mol. The van der Waals surface area contributed by atoms with Gasteiger partial charge in [0.1, 0.15) is 0 Å². The van der Waals surface area contributed by atoms with Gasteiger partial charge in [0.25, 0.3) is 0 Å². The Morgan fingerprint density at radius 1 is 1.05 bits per heavy atom. The molecule has 4 nitrogen and oxygen atoms in total. The number of hydrogen-bond acceptors (Lipinski definition) is 4. The lowest BCUT2D eigenvalue weighted by atomic mass is 10.1. The van der Waals surface area contributed by atoms with Gasteiger partial charge >= 0.3 is 0 Å². The van der Waals surface area contributed by atoms with E-state index in [2.05, 4.69) is 29.2 Å². The van der Waals surface area contributed by atoms with Crippen molar-refractivity contribution in [1.29, 1.82) is 0 Å². The molecule has 1 aliphatic carbocycles. The number of para-hydroxylation sites is 1. The maximum absolute atomic E-state index is 5.31. The zero-order chi connectivity index (χ0) is 15.4. The third-order valence-corrected chi connectivity index (χ3v) is 4.34. The van der Waals surface area contributed by atoms with Gasteiger partial charge in [-0.15, -0.1) is 0 Å². The van der Waals surface area contributed by atoms with E-state index in [9.17, 15) is 0 Å². The predicted octanol–water partition coefficient (Wildman–Crippen LogP) is 2.82. The standard InChI is InChI=1S/C18H24N2O2/c1-21-12-10-20(11-13-22-2)18-14-6-3-4-8-16(14)19-17-9-5-7-15(17)18/h3-4,6,8H,5,7,9-13H2,1-2H3. The highest BCUT2D eigenvalue weighted by Gasteiger charge is 2.22. The van der Waals surface area contributed by atoms with Gasteiger partial charge in [-0.25, -0.2) is 0 Å². The minimum Gasteiger partial charge on any atom is -0.383 e. The van der Waals surface area contributed by atoms with Crippen LogP contribution < -0.4 is 4.90 Å². The largest absolute Gasteiger partial charge is 0.383 e. The molecule has 0 radical (unpaired) electrons. The first-order valence-corrected chi connectivity index (χ1v) is 7.98. The lowest BCUT2D eigenvalue weighted by molar-refractivity contribution is 0.190. The van der Waals surface area contributed by atoms with E-state index in [1.54, 1.807) is 14.2 Å². The second-order valence-electron chi connectivity index (χ2n) is 5.73. The Balaban J connectivity index is 2.08. The monoisotopic (exact) mass is 300 g/mol. The molecule has 0 saturated carbocycles. The second kappa shape index (κ2) is 7.07. The molecule has 3 rings (SSSR count). The van der Waals surface area contributed by atoms with E-state index in [-0.39, 0.29) is 0 Å². The highest BCUT2D eigenvalue weighted by Crippen LogP contribution is 2.36.